The summed E-state index contributed by atoms with van der Waals surface area (Å²) in [4.78, 5) is 71.8. The molecule has 0 fully saturated rings. The van der Waals surface area contributed by atoms with Gasteiger partial charge in [-0.05, 0) is 46.1 Å². The van der Waals surface area contributed by atoms with E-state index in [0.717, 1.165) is 6.04 Å². The molecule has 0 saturated heterocycles. The summed E-state index contributed by atoms with van der Waals surface area (Å²) in [5, 5.41) is 17.4. The predicted molar refractivity (Wildman–Crippen MR) is 194 cm³/mol. The fraction of sp³-hybridized carbons (Fsp3) is 0.667. The van der Waals surface area contributed by atoms with Crippen molar-refractivity contribution in [1.82, 2.24) is 15.6 Å². The van der Waals surface area contributed by atoms with Gasteiger partial charge in [-0.1, -0.05) is 45.6 Å². The van der Waals surface area contributed by atoms with Crippen LogP contribution < -0.4 is 10.6 Å². The van der Waals surface area contributed by atoms with E-state index in [-0.39, 0.29) is 31.7 Å². The van der Waals surface area contributed by atoms with E-state index in [1.54, 1.807) is 53.7 Å². The average Bonchev–Trinajstić information content (AvgIpc) is 3.60. The zero-order valence-corrected chi connectivity index (χ0v) is 32.7. The molecule has 2 rings (SSSR count). The van der Waals surface area contributed by atoms with E-state index in [9.17, 15) is 24.0 Å². The molecular weight excluding hydrogens is 689 g/mol. The normalized spacial score (nSPS) is 17.7. The zero-order chi connectivity index (χ0) is 37.0. The average molecular weight is 741 g/mol. The molecule has 0 saturated carbocycles. The van der Waals surface area contributed by atoms with Crippen LogP contribution in [0.25, 0.3) is 0 Å². The number of hydrogen-bond acceptors (Lipinski definition) is 12. The van der Waals surface area contributed by atoms with E-state index in [0.29, 0.717) is 34.5 Å². The van der Waals surface area contributed by atoms with Gasteiger partial charge >= 0.3 is 24.0 Å². The van der Waals surface area contributed by atoms with Crippen molar-refractivity contribution >= 4 is 66.1 Å². The number of alkyl carbamates (subject to hydrolysis) is 1. The zero-order valence-electron chi connectivity index (χ0n) is 30.0. The summed E-state index contributed by atoms with van der Waals surface area (Å²) in [6.45, 7) is 17.6. The Balaban J connectivity index is 2.08. The highest BCUT2D eigenvalue weighted by Gasteiger charge is 2.41. The largest absolute Gasteiger partial charge is 0.481 e. The van der Waals surface area contributed by atoms with Gasteiger partial charge in [-0.25, -0.2) is 14.6 Å². The number of amides is 2. The molecule has 0 radical (unpaired) electrons. The first-order valence-electron chi connectivity index (χ1n) is 16.4. The maximum Gasteiger partial charge on any atom is 0.408 e. The molecular formula is C33H52N4O9S2Si. The first-order chi connectivity index (χ1) is 22.7. The molecule has 49 heavy (non-hydrogen) atoms. The van der Waals surface area contributed by atoms with Crippen LogP contribution in [-0.2, 0) is 39.9 Å². The maximum absolute atomic E-state index is 13.6. The Morgan fingerprint density at radius 3 is 2.45 bits per heavy atom. The van der Waals surface area contributed by atoms with Crippen LogP contribution in [0.15, 0.2) is 22.5 Å². The van der Waals surface area contributed by atoms with Crippen LogP contribution in [0.2, 0.25) is 25.7 Å². The third-order valence-corrected chi connectivity index (χ3v) is 10.8. The number of rotatable bonds is 18. The van der Waals surface area contributed by atoms with Gasteiger partial charge in [0.05, 0.1) is 19.6 Å². The highest BCUT2D eigenvalue weighted by Crippen LogP contribution is 2.32. The number of aliphatic carboxylic acids is 1. The molecule has 0 spiro atoms. The van der Waals surface area contributed by atoms with E-state index in [4.69, 9.17) is 19.3 Å². The minimum Gasteiger partial charge on any atom is -0.481 e. The summed E-state index contributed by atoms with van der Waals surface area (Å²) in [6, 6.07) is -0.213. The van der Waals surface area contributed by atoms with Gasteiger partial charge in [0.15, 0.2) is 0 Å². The lowest BCUT2D eigenvalue weighted by Gasteiger charge is -2.27. The quantitative estimate of drug-likeness (QED) is 0.0742. The number of nitrogens with zero attached hydrogens (tertiary/aromatic N) is 2. The molecule has 1 unspecified atom stereocenters. The molecule has 1 aliphatic rings. The molecule has 0 aliphatic carbocycles. The van der Waals surface area contributed by atoms with Crippen molar-refractivity contribution in [3.05, 3.63) is 28.2 Å². The van der Waals surface area contributed by atoms with Gasteiger partial charge in [0.25, 0.3) is 0 Å². The molecule has 3 atom stereocenters. The van der Waals surface area contributed by atoms with Crippen LogP contribution in [0.5, 0.6) is 0 Å². The SMILES string of the molecule is CC(C)[C@H](NC(=O)[C@]1(C)CSC(c2csc(CNC(=O)OC(C)(C)C)n2)=N1)C(=O)OC(CC=CCCC(=O)O)CC(=O)OCC[Si](C)(C)C. The molecule has 0 aromatic carbocycles. The van der Waals surface area contributed by atoms with Crippen LogP contribution >= 0.6 is 23.1 Å². The third kappa shape index (κ3) is 15.9. The van der Waals surface area contributed by atoms with E-state index in [2.05, 4.69) is 40.3 Å². The Kier molecular flexibility index (Phi) is 16.0. The standard InChI is InChI=1S/C33H52N4O9S2Si/c1-21(2)27(29(41)45-22(13-11-10-12-14-25(38)39)17-26(40)44-15-16-49(7,8)9)36-30(42)33(6)20-48-28(37-33)23-19-47-24(35-23)18-34-31(43)46-32(3,4)5/h10-11,19,21-22,27H,12-18,20H2,1-9H3,(H,34,43)(H,36,42)(H,38,39)/t22?,27-,33-/m0/s1. The number of aliphatic imine (C=N–C) groups is 1. The van der Waals surface area contributed by atoms with Crippen molar-refractivity contribution in [2.45, 2.75) is 123 Å². The molecule has 274 valence electrons. The van der Waals surface area contributed by atoms with Gasteiger partial charge in [-0.3, -0.25) is 19.4 Å². The lowest BCUT2D eigenvalue weighted by molar-refractivity contribution is -0.158. The number of nitrogens with one attached hydrogen (secondary N) is 2. The molecule has 13 nitrogen and oxygen atoms in total. The molecule has 2 amide bonds. The van der Waals surface area contributed by atoms with Crippen molar-refractivity contribution in [2.24, 2.45) is 10.9 Å². The highest BCUT2D eigenvalue weighted by molar-refractivity contribution is 8.14. The van der Waals surface area contributed by atoms with Gasteiger partial charge < -0.3 is 30.0 Å². The Labute approximate surface area is 298 Å². The van der Waals surface area contributed by atoms with E-state index < -0.39 is 61.3 Å². The minimum atomic E-state index is -1.42. The molecule has 2 heterocycles. The first kappa shape index (κ1) is 41.9. The van der Waals surface area contributed by atoms with Gasteiger partial charge in [0, 0.05) is 32.0 Å². The second-order valence-electron chi connectivity index (χ2n) is 14.6. The molecule has 1 aromatic rings. The van der Waals surface area contributed by atoms with Crippen molar-refractivity contribution in [1.29, 1.82) is 0 Å². The van der Waals surface area contributed by atoms with E-state index in [1.807, 2.05) is 5.38 Å². The topological polar surface area (TPSA) is 183 Å². The number of carbonyl (C=O) groups is 5. The van der Waals surface area contributed by atoms with Crippen molar-refractivity contribution in [3.8, 4) is 0 Å². The van der Waals surface area contributed by atoms with Crippen molar-refractivity contribution in [3.63, 3.8) is 0 Å². The lowest BCUT2D eigenvalue weighted by atomic mass is 10.00. The van der Waals surface area contributed by atoms with Gasteiger partial charge in [-0.2, -0.15) is 0 Å². The molecule has 0 bridgehead atoms. The number of aromatic nitrogens is 1. The summed E-state index contributed by atoms with van der Waals surface area (Å²) in [5.41, 5.74) is -1.21. The maximum atomic E-state index is 13.6. The Bertz CT molecular complexity index is 1380. The number of allylic oxidation sites excluding steroid dienone is 1. The van der Waals surface area contributed by atoms with Gasteiger partial charge in [0.2, 0.25) is 5.91 Å². The number of thiazole rings is 1. The predicted octanol–water partition coefficient (Wildman–Crippen LogP) is 5.56. The summed E-state index contributed by atoms with van der Waals surface area (Å²) >= 11 is 2.72. The number of ether oxygens (including phenoxy) is 3. The monoisotopic (exact) mass is 740 g/mol. The van der Waals surface area contributed by atoms with Crippen LogP contribution in [-0.4, -0.2) is 88.8 Å². The van der Waals surface area contributed by atoms with Crippen LogP contribution in [0.3, 0.4) is 0 Å². The van der Waals surface area contributed by atoms with Crippen LogP contribution in [0.1, 0.15) is 77.9 Å². The van der Waals surface area contributed by atoms with Crippen LogP contribution in [0.4, 0.5) is 4.79 Å². The number of carboxylic acid groups (broad SMARTS) is 1. The Hall–Kier alpha value is -3.24. The molecule has 1 aromatic heterocycles. The minimum absolute atomic E-state index is 0.0443. The van der Waals surface area contributed by atoms with E-state index in [1.165, 1.54) is 23.1 Å². The number of esters is 2. The lowest BCUT2D eigenvalue weighted by Crippen LogP contribution is -2.53. The molecule has 1 aliphatic heterocycles. The summed E-state index contributed by atoms with van der Waals surface area (Å²) in [6.07, 6.45) is 2.20. The van der Waals surface area contributed by atoms with Crippen molar-refractivity contribution in [2.75, 3.05) is 12.4 Å². The number of carbonyl (C=O) groups excluding carboxylic acids is 4. The van der Waals surface area contributed by atoms with Gasteiger partial charge in [-0.15, -0.1) is 23.1 Å². The fourth-order valence-corrected chi connectivity index (χ4v) is 6.83. The Morgan fingerprint density at radius 1 is 1.14 bits per heavy atom. The van der Waals surface area contributed by atoms with Crippen molar-refractivity contribution < 1.29 is 43.3 Å². The summed E-state index contributed by atoms with van der Waals surface area (Å²) < 4.78 is 16.5. The summed E-state index contributed by atoms with van der Waals surface area (Å²) in [5.74, 6) is -2.59. The van der Waals surface area contributed by atoms with Crippen LogP contribution in [0, 0.1) is 5.92 Å². The third-order valence-electron chi connectivity index (χ3n) is 6.97. The Morgan fingerprint density at radius 2 is 1.84 bits per heavy atom. The molecule has 16 heteroatoms. The summed E-state index contributed by atoms with van der Waals surface area (Å²) in [7, 11) is -1.42. The smallest absolute Gasteiger partial charge is 0.408 e. The highest BCUT2D eigenvalue weighted by atomic mass is 32.2. The second kappa shape index (κ2) is 18.7. The second-order valence-corrected chi connectivity index (χ2v) is 22.1. The fourth-order valence-electron chi connectivity index (χ4n) is 4.19. The number of thioether (sulfide) groups is 1. The first-order valence-corrected chi connectivity index (χ1v) is 21.9. The number of hydrogen-bond donors (Lipinski definition) is 3. The number of carboxylic acids is 1. The van der Waals surface area contributed by atoms with Gasteiger partial charge in [0.1, 0.15) is 39.0 Å². The molecule has 3 N–H and O–H groups in total. The van der Waals surface area contributed by atoms with E-state index >= 15 is 0 Å².